The highest BCUT2D eigenvalue weighted by Crippen LogP contribution is 2.22. The highest BCUT2D eigenvalue weighted by Gasteiger charge is 2.01. The number of hydrogen-bond acceptors (Lipinski definition) is 1. The van der Waals surface area contributed by atoms with E-state index in [2.05, 4.69) is 29.6 Å². The molecule has 0 fully saturated rings. The Morgan fingerprint density at radius 3 is 2.47 bits per heavy atom. The largest absolute Gasteiger partial charge is 0.380 e. The topological polar surface area (TPSA) is 12.0 Å². The van der Waals surface area contributed by atoms with E-state index in [4.69, 9.17) is 11.6 Å². The smallest absolute Gasteiger partial charge is 0.124 e. The lowest BCUT2D eigenvalue weighted by atomic mass is 10.1. The van der Waals surface area contributed by atoms with Crippen LogP contribution in [0.3, 0.4) is 0 Å². The monoisotopic (exact) mass is 249 g/mol. The molecule has 88 valence electrons. The Kier molecular flexibility index (Phi) is 3.64. The van der Waals surface area contributed by atoms with Crippen LogP contribution >= 0.6 is 11.6 Å². The highest BCUT2D eigenvalue weighted by molar-refractivity contribution is 6.33. The van der Waals surface area contributed by atoms with Gasteiger partial charge in [0.1, 0.15) is 5.82 Å². The van der Waals surface area contributed by atoms with Gasteiger partial charge in [0.15, 0.2) is 0 Å². The van der Waals surface area contributed by atoms with Crippen LogP contribution in [0.25, 0.3) is 0 Å². The molecule has 2 rings (SSSR count). The SMILES string of the molecule is Cc1ccc(CNc2ccc(F)cc2Cl)cc1. The van der Waals surface area contributed by atoms with Gasteiger partial charge in [-0.1, -0.05) is 41.4 Å². The van der Waals surface area contributed by atoms with E-state index in [1.165, 1.54) is 17.7 Å². The molecule has 0 saturated heterocycles. The van der Waals surface area contributed by atoms with Gasteiger partial charge in [0.2, 0.25) is 0 Å². The molecule has 1 N–H and O–H groups in total. The summed E-state index contributed by atoms with van der Waals surface area (Å²) in [4.78, 5) is 0. The second kappa shape index (κ2) is 5.19. The maximum atomic E-state index is 12.8. The van der Waals surface area contributed by atoms with Crippen LogP contribution < -0.4 is 5.32 Å². The molecule has 2 aromatic rings. The molecule has 0 saturated carbocycles. The Morgan fingerprint density at radius 2 is 1.82 bits per heavy atom. The number of aryl methyl sites for hydroxylation is 1. The Balaban J connectivity index is 2.04. The molecule has 1 nitrogen and oxygen atoms in total. The molecule has 2 aromatic carbocycles. The molecule has 0 aromatic heterocycles. The zero-order valence-electron chi connectivity index (χ0n) is 9.50. The molecule has 0 aliphatic rings. The molecule has 0 aliphatic heterocycles. The molecule has 3 heteroatoms. The maximum Gasteiger partial charge on any atom is 0.124 e. The van der Waals surface area contributed by atoms with E-state index in [1.54, 1.807) is 6.07 Å². The summed E-state index contributed by atoms with van der Waals surface area (Å²) < 4.78 is 12.8. The lowest BCUT2D eigenvalue weighted by Crippen LogP contribution is -2.00. The van der Waals surface area contributed by atoms with Gasteiger partial charge in [-0.15, -0.1) is 0 Å². The summed E-state index contributed by atoms with van der Waals surface area (Å²) in [6, 6.07) is 12.6. The predicted molar refractivity (Wildman–Crippen MR) is 69.9 cm³/mol. The Labute approximate surface area is 105 Å². The van der Waals surface area contributed by atoms with Crippen molar-refractivity contribution in [2.45, 2.75) is 13.5 Å². The molecular weight excluding hydrogens is 237 g/mol. The molecule has 0 aliphatic carbocycles. The van der Waals surface area contributed by atoms with E-state index in [0.717, 1.165) is 11.3 Å². The first-order valence-electron chi connectivity index (χ1n) is 5.39. The van der Waals surface area contributed by atoms with Crippen molar-refractivity contribution in [2.75, 3.05) is 5.32 Å². The van der Waals surface area contributed by atoms with Crippen molar-refractivity contribution in [1.29, 1.82) is 0 Å². The van der Waals surface area contributed by atoms with Crippen LogP contribution in [-0.2, 0) is 6.54 Å². The summed E-state index contributed by atoms with van der Waals surface area (Å²) in [5.41, 5.74) is 3.14. The molecule has 0 unspecified atom stereocenters. The van der Waals surface area contributed by atoms with E-state index in [9.17, 15) is 4.39 Å². The van der Waals surface area contributed by atoms with E-state index in [1.807, 2.05) is 6.92 Å². The second-order valence-electron chi connectivity index (χ2n) is 3.96. The van der Waals surface area contributed by atoms with Crippen LogP contribution in [0, 0.1) is 12.7 Å². The van der Waals surface area contributed by atoms with Gasteiger partial charge in [0.05, 0.1) is 10.7 Å². The highest BCUT2D eigenvalue weighted by atomic mass is 35.5. The standard InChI is InChI=1S/C14H13ClFN/c1-10-2-4-11(5-3-10)9-17-14-7-6-12(16)8-13(14)15/h2-8,17H,9H2,1H3. The average molecular weight is 250 g/mol. The summed E-state index contributed by atoms with van der Waals surface area (Å²) in [6.45, 7) is 2.72. The van der Waals surface area contributed by atoms with Crippen molar-refractivity contribution >= 4 is 17.3 Å². The third-order valence-corrected chi connectivity index (χ3v) is 2.85. The summed E-state index contributed by atoms with van der Waals surface area (Å²) in [5, 5.41) is 3.58. The minimum atomic E-state index is -0.323. The third-order valence-electron chi connectivity index (χ3n) is 2.53. The van der Waals surface area contributed by atoms with E-state index >= 15 is 0 Å². The van der Waals surface area contributed by atoms with Crippen molar-refractivity contribution < 1.29 is 4.39 Å². The van der Waals surface area contributed by atoms with Gasteiger partial charge in [0, 0.05) is 6.54 Å². The van der Waals surface area contributed by atoms with Crippen molar-refractivity contribution in [3.8, 4) is 0 Å². The second-order valence-corrected chi connectivity index (χ2v) is 4.37. The third kappa shape index (κ3) is 3.21. The van der Waals surface area contributed by atoms with Crippen LogP contribution in [0.5, 0.6) is 0 Å². The average Bonchev–Trinajstić information content (AvgIpc) is 2.30. The first-order chi connectivity index (χ1) is 8.15. The lowest BCUT2D eigenvalue weighted by Gasteiger charge is -2.08. The normalized spacial score (nSPS) is 10.3. The number of anilines is 1. The molecule has 0 radical (unpaired) electrons. The van der Waals surface area contributed by atoms with E-state index in [-0.39, 0.29) is 5.82 Å². The first kappa shape index (κ1) is 11.9. The number of hydrogen-bond donors (Lipinski definition) is 1. The Morgan fingerprint density at radius 1 is 1.12 bits per heavy atom. The number of rotatable bonds is 3. The summed E-state index contributed by atoms with van der Waals surface area (Å²) in [6.07, 6.45) is 0. The van der Waals surface area contributed by atoms with Gasteiger partial charge in [-0.05, 0) is 30.7 Å². The fraction of sp³-hybridized carbons (Fsp3) is 0.143. The quantitative estimate of drug-likeness (QED) is 0.850. The first-order valence-corrected chi connectivity index (χ1v) is 5.77. The molecule has 0 atom stereocenters. The summed E-state index contributed by atoms with van der Waals surface area (Å²) in [7, 11) is 0. The Bertz CT molecular complexity index is 508. The summed E-state index contributed by atoms with van der Waals surface area (Å²) >= 11 is 5.92. The van der Waals surface area contributed by atoms with Gasteiger partial charge in [-0.3, -0.25) is 0 Å². The van der Waals surface area contributed by atoms with Gasteiger partial charge in [-0.2, -0.15) is 0 Å². The minimum Gasteiger partial charge on any atom is -0.380 e. The molecular formula is C14H13ClFN. The van der Waals surface area contributed by atoms with Crippen LogP contribution in [0.1, 0.15) is 11.1 Å². The molecule has 0 heterocycles. The van der Waals surface area contributed by atoms with E-state index < -0.39 is 0 Å². The number of benzene rings is 2. The Hall–Kier alpha value is -1.54. The number of nitrogens with one attached hydrogen (secondary N) is 1. The van der Waals surface area contributed by atoms with Crippen LogP contribution in [-0.4, -0.2) is 0 Å². The molecule has 0 amide bonds. The summed E-state index contributed by atoms with van der Waals surface area (Å²) in [5.74, 6) is -0.323. The fourth-order valence-electron chi connectivity index (χ4n) is 1.54. The van der Waals surface area contributed by atoms with Gasteiger partial charge in [0.25, 0.3) is 0 Å². The van der Waals surface area contributed by atoms with Gasteiger partial charge >= 0.3 is 0 Å². The molecule has 0 spiro atoms. The lowest BCUT2D eigenvalue weighted by molar-refractivity contribution is 0.628. The van der Waals surface area contributed by atoms with Crippen LogP contribution in [0.15, 0.2) is 42.5 Å². The van der Waals surface area contributed by atoms with Crippen molar-refractivity contribution in [3.05, 3.63) is 64.4 Å². The predicted octanol–water partition coefficient (Wildman–Crippen LogP) is 4.40. The zero-order valence-corrected chi connectivity index (χ0v) is 10.3. The van der Waals surface area contributed by atoms with E-state index in [0.29, 0.717) is 11.6 Å². The van der Waals surface area contributed by atoms with Gasteiger partial charge in [-0.25, -0.2) is 4.39 Å². The minimum absolute atomic E-state index is 0.323. The van der Waals surface area contributed by atoms with Crippen LogP contribution in [0.2, 0.25) is 5.02 Å². The van der Waals surface area contributed by atoms with Gasteiger partial charge < -0.3 is 5.32 Å². The fourth-order valence-corrected chi connectivity index (χ4v) is 1.77. The maximum absolute atomic E-state index is 12.8. The zero-order chi connectivity index (χ0) is 12.3. The molecule has 17 heavy (non-hydrogen) atoms. The number of halogens is 2. The van der Waals surface area contributed by atoms with Crippen LogP contribution in [0.4, 0.5) is 10.1 Å². The van der Waals surface area contributed by atoms with Crippen molar-refractivity contribution in [3.63, 3.8) is 0 Å². The van der Waals surface area contributed by atoms with Crippen molar-refractivity contribution in [2.24, 2.45) is 0 Å². The molecule has 0 bridgehead atoms. The van der Waals surface area contributed by atoms with Crippen molar-refractivity contribution in [1.82, 2.24) is 0 Å².